The van der Waals surface area contributed by atoms with E-state index in [0.29, 0.717) is 0 Å². The van der Waals surface area contributed by atoms with Gasteiger partial charge in [-0.2, -0.15) is 0 Å². The van der Waals surface area contributed by atoms with Gasteiger partial charge in [-0.25, -0.2) is 9.97 Å². The molecule has 0 radical (unpaired) electrons. The number of fused-ring (bicyclic) bond motifs is 8. The van der Waals surface area contributed by atoms with Crippen LogP contribution in [-0.4, -0.2) is 91.5 Å². The first kappa shape index (κ1) is 38.2. The molecule has 9 heterocycles. The van der Waals surface area contributed by atoms with Gasteiger partial charge < -0.3 is 29.2 Å². The summed E-state index contributed by atoms with van der Waals surface area (Å²) in [6.07, 6.45) is 43.5. The Morgan fingerprint density at radius 3 is 1.47 bits per heavy atom. The fraction of sp³-hybridized carbons (Fsp3) is 0.154. The van der Waals surface area contributed by atoms with Crippen LogP contribution in [0.2, 0.25) is 0 Å². The number of nitrogens with zero attached hydrogens (tertiary/aromatic N) is 7. The second-order valence-corrected chi connectivity index (χ2v) is 15.4. The number of hydrogen-bond acceptors (Lipinski definition) is 6. The third-order valence-corrected chi connectivity index (χ3v) is 11.3. The van der Waals surface area contributed by atoms with Gasteiger partial charge in [-0.1, -0.05) is 42.5 Å². The molecule has 0 spiro atoms. The zero-order chi connectivity index (χ0) is 41.0. The van der Waals surface area contributed by atoms with Crippen LogP contribution >= 0.6 is 0 Å². The van der Waals surface area contributed by atoms with E-state index in [1.807, 2.05) is 24.3 Å². The maximum atomic E-state index is 5.43. The van der Waals surface area contributed by atoms with Crippen LogP contribution in [0.25, 0.3) is 68.8 Å². The second kappa shape index (κ2) is 16.9. The van der Waals surface area contributed by atoms with Crippen LogP contribution in [0.4, 0.5) is 0 Å². The molecule has 0 aliphatic carbocycles. The van der Waals surface area contributed by atoms with Crippen molar-refractivity contribution in [1.82, 2.24) is 39.1 Å². The molecular formula is C52H50N8. The van der Waals surface area contributed by atoms with Gasteiger partial charge in [-0.3, -0.25) is 0 Å². The summed E-state index contributed by atoms with van der Waals surface area (Å²) in [5, 5.41) is 0. The van der Waals surface area contributed by atoms with Crippen molar-refractivity contribution in [2.24, 2.45) is 0 Å². The van der Waals surface area contributed by atoms with Crippen molar-refractivity contribution in [3.05, 3.63) is 194 Å². The molecule has 0 saturated heterocycles. The Bertz CT molecular complexity index is 2760. The number of aromatic amines is 1. The summed E-state index contributed by atoms with van der Waals surface area (Å²) in [4.78, 5) is 23.3. The van der Waals surface area contributed by atoms with E-state index in [9.17, 15) is 0 Å². The van der Waals surface area contributed by atoms with Gasteiger partial charge in [0.05, 0.1) is 33.8 Å². The maximum absolute atomic E-state index is 5.43. The number of hydrogen-bond donors (Lipinski definition) is 1. The summed E-state index contributed by atoms with van der Waals surface area (Å²) >= 11 is 0. The summed E-state index contributed by atoms with van der Waals surface area (Å²) in [6.45, 7) is 22.1. The Kier molecular flexibility index (Phi) is 10.7. The summed E-state index contributed by atoms with van der Waals surface area (Å²) < 4.78 is 2.47. The number of rotatable bonds is 12. The van der Waals surface area contributed by atoms with Gasteiger partial charge in [0.15, 0.2) is 0 Å². The highest BCUT2D eigenvalue weighted by Crippen LogP contribution is 2.44. The van der Waals surface area contributed by atoms with Crippen molar-refractivity contribution in [3.8, 4) is 0 Å². The molecule has 0 fully saturated rings. The molecule has 0 unspecified atom stereocenters. The van der Waals surface area contributed by atoms with E-state index in [-0.39, 0.29) is 0 Å². The summed E-state index contributed by atoms with van der Waals surface area (Å²) in [5.74, 6) is 0. The Labute approximate surface area is 352 Å². The quantitative estimate of drug-likeness (QED) is 0.127. The van der Waals surface area contributed by atoms with Gasteiger partial charge in [0, 0.05) is 111 Å². The van der Waals surface area contributed by atoms with E-state index in [0.717, 1.165) is 136 Å². The smallest absolute Gasteiger partial charge is 0.0737 e. The van der Waals surface area contributed by atoms with Gasteiger partial charge in [0.2, 0.25) is 0 Å². The lowest BCUT2D eigenvalue weighted by molar-refractivity contribution is 0.458. The van der Waals surface area contributed by atoms with Gasteiger partial charge in [0.25, 0.3) is 0 Å². The standard InChI is InChI=1S/C52H50N8/c1-5-23-56-27-15-38(16-28-56)49-47-14-13-44(55-47)36-43-10-9-41(53-43)35-42-11-12-45(54-42)37-48-50(39-17-29-57(24-6-2)30-18-39)51(40-19-31-58(25-7-3)32-20-40)52(49)60(48)46-21-33-59(26-8-4)34-22-46/h5-22,27,29,31,33,35-37,53H,1-4,23-26,28,30,32,34H2. The van der Waals surface area contributed by atoms with Gasteiger partial charge >= 0.3 is 0 Å². The predicted molar refractivity (Wildman–Crippen MR) is 254 cm³/mol. The van der Waals surface area contributed by atoms with E-state index in [1.165, 1.54) is 0 Å². The Balaban J connectivity index is 1.47. The first-order valence-electron chi connectivity index (χ1n) is 20.6. The van der Waals surface area contributed by atoms with E-state index in [1.54, 1.807) is 0 Å². The molecule has 6 aliphatic heterocycles. The van der Waals surface area contributed by atoms with Crippen LogP contribution in [0, 0.1) is 0 Å². The minimum Gasteiger partial charge on any atom is -0.370 e. The van der Waals surface area contributed by atoms with Gasteiger partial charge in [-0.05, 0) is 102 Å². The molecule has 3 aromatic rings. The molecule has 1 N–H and O–H groups in total. The van der Waals surface area contributed by atoms with Crippen molar-refractivity contribution in [1.29, 1.82) is 0 Å². The summed E-state index contributed by atoms with van der Waals surface area (Å²) in [6, 6.07) is 10.7. The predicted octanol–water partition coefficient (Wildman–Crippen LogP) is 10.2. The minimum absolute atomic E-state index is 0.741. The SMILES string of the molecule is C=CCN1C=CC(c2c(C3=CCN(CC=C)C=C3)c3c(C4=CCN(CC=C)C=C4)c4nc(cc5ccc(cc6nc(cc2n3C2=CCN(CC=C)C=C2)C=C6)[nH]5)C=C4)=CC1. The number of H-pyrrole nitrogens is 1. The first-order chi connectivity index (χ1) is 29.5. The van der Waals surface area contributed by atoms with Crippen LogP contribution in [0.5, 0.6) is 0 Å². The van der Waals surface area contributed by atoms with Crippen molar-refractivity contribution in [2.75, 3.05) is 52.4 Å². The topological polar surface area (TPSA) is 59.5 Å². The molecule has 3 aromatic heterocycles. The molecule has 8 nitrogen and oxygen atoms in total. The average Bonchev–Trinajstić information content (AvgIpc) is 4.08. The van der Waals surface area contributed by atoms with Crippen LogP contribution in [0.15, 0.2) is 154 Å². The lowest BCUT2D eigenvalue weighted by Crippen LogP contribution is -2.21. The van der Waals surface area contributed by atoms with Crippen LogP contribution in [-0.2, 0) is 0 Å². The van der Waals surface area contributed by atoms with Gasteiger partial charge in [0.1, 0.15) is 0 Å². The molecule has 8 bridgehead atoms. The van der Waals surface area contributed by atoms with Crippen molar-refractivity contribution in [3.63, 3.8) is 0 Å². The molecular weight excluding hydrogens is 737 g/mol. The fourth-order valence-corrected chi connectivity index (χ4v) is 8.46. The molecule has 0 atom stereocenters. The van der Waals surface area contributed by atoms with Crippen LogP contribution in [0.1, 0.15) is 39.5 Å². The molecule has 0 aromatic carbocycles. The van der Waals surface area contributed by atoms with E-state index < -0.39 is 0 Å². The molecule has 298 valence electrons. The third-order valence-electron chi connectivity index (χ3n) is 11.3. The fourth-order valence-electron chi connectivity index (χ4n) is 8.46. The highest BCUT2D eigenvalue weighted by atomic mass is 15.1. The first-order valence-corrected chi connectivity index (χ1v) is 20.6. The highest BCUT2D eigenvalue weighted by Gasteiger charge is 2.29. The van der Waals surface area contributed by atoms with Crippen molar-refractivity contribution >= 4 is 68.8 Å². The zero-order valence-electron chi connectivity index (χ0n) is 34.0. The molecule has 6 aliphatic rings. The van der Waals surface area contributed by atoms with Crippen molar-refractivity contribution in [2.45, 2.75) is 0 Å². The van der Waals surface area contributed by atoms with Crippen molar-refractivity contribution < 1.29 is 0 Å². The Morgan fingerprint density at radius 1 is 0.500 bits per heavy atom. The monoisotopic (exact) mass is 786 g/mol. The summed E-state index contributed by atoms with van der Waals surface area (Å²) in [5.41, 5.74) is 15.5. The lowest BCUT2D eigenvalue weighted by Gasteiger charge is -2.25. The van der Waals surface area contributed by atoms with E-state index in [4.69, 9.17) is 9.97 Å². The second-order valence-electron chi connectivity index (χ2n) is 15.4. The van der Waals surface area contributed by atoms with Gasteiger partial charge in [-0.15, -0.1) is 26.3 Å². The highest BCUT2D eigenvalue weighted by molar-refractivity contribution is 6.08. The lowest BCUT2D eigenvalue weighted by atomic mass is 9.90. The average molecular weight is 787 g/mol. The Morgan fingerprint density at radius 2 is 0.967 bits per heavy atom. The molecule has 0 saturated carbocycles. The largest absolute Gasteiger partial charge is 0.370 e. The molecule has 60 heavy (non-hydrogen) atoms. The van der Waals surface area contributed by atoms with Crippen LogP contribution < -0.4 is 0 Å². The zero-order valence-corrected chi connectivity index (χ0v) is 34.0. The number of nitrogens with one attached hydrogen (secondary N) is 1. The molecule has 8 heteroatoms. The summed E-state index contributed by atoms with van der Waals surface area (Å²) in [7, 11) is 0. The van der Waals surface area contributed by atoms with E-state index in [2.05, 4.69) is 184 Å². The maximum Gasteiger partial charge on any atom is 0.0737 e. The molecule has 9 rings (SSSR count). The third kappa shape index (κ3) is 7.67. The molecule has 0 amide bonds. The normalized spacial score (nSPS) is 16.8. The number of allylic oxidation sites excluding steroid dienone is 8. The van der Waals surface area contributed by atoms with E-state index >= 15 is 0 Å². The number of aromatic nitrogens is 4. The Hall–Kier alpha value is -7.32. The minimum atomic E-state index is 0.741. The van der Waals surface area contributed by atoms with Crippen LogP contribution in [0.3, 0.4) is 0 Å².